The van der Waals surface area contributed by atoms with Crippen molar-refractivity contribution in [1.82, 2.24) is 0 Å². The van der Waals surface area contributed by atoms with Crippen LogP contribution < -0.4 is 10.7 Å². The highest BCUT2D eigenvalue weighted by Gasteiger charge is 2.76. The highest BCUT2D eigenvalue weighted by Crippen LogP contribution is 2.69. The van der Waals surface area contributed by atoms with Crippen LogP contribution in [0.1, 0.15) is 39.2 Å². The summed E-state index contributed by atoms with van der Waals surface area (Å²) in [6.07, 6.45) is 1.23. The predicted octanol–water partition coefficient (Wildman–Crippen LogP) is 5.45. The van der Waals surface area contributed by atoms with E-state index < -0.39 is 16.2 Å². The van der Waals surface area contributed by atoms with Crippen LogP contribution in [0.5, 0.6) is 0 Å². The fourth-order valence-electron chi connectivity index (χ4n) is 5.08. The number of hydrogen-bond acceptors (Lipinski definition) is 4. The Hall–Kier alpha value is -2.66. The number of benzene rings is 2. The van der Waals surface area contributed by atoms with Crippen molar-refractivity contribution in [1.29, 1.82) is 0 Å². The second-order valence-corrected chi connectivity index (χ2v) is 9.40. The lowest BCUT2D eigenvalue weighted by Gasteiger charge is -2.37. The molecular formula is C24H26ClN3O2. The Bertz CT molecular complexity index is 1060. The molecule has 2 atom stereocenters. The van der Waals surface area contributed by atoms with E-state index in [1.54, 1.807) is 12.1 Å². The van der Waals surface area contributed by atoms with Gasteiger partial charge in [-0.2, -0.15) is 5.10 Å². The Kier molecular flexibility index (Phi) is 4.77. The van der Waals surface area contributed by atoms with Crippen LogP contribution in [-0.2, 0) is 9.59 Å². The summed E-state index contributed by atoms with van der Waals surface area (Å²) in [5, 5.41) is 8.07. The fourth-order valence-corrected chi connectivity index (χ4v) is 5.25. The lowest BCUT2D eigenvalue weighted by Crippen LogP contribution is -2.47. The van der Waals surface area contributed by atoms with Crippen molar-refractivity contribution < 1.29 is 9.59 Å². The van der Waals surface area contributed by atoms with Crippen LogP contribution in [0.3, 0.4) is 0 Å². The Balaban J connectivity index is 1.71. The third kappa shape index (κ3) is 2.64. The number of nitrogens with zero attached hydrogens (tertiary/aromatic N) is 1. The molecule has 6 heteroatoms. The van der Waals surface area contributed by atoms with Crippen molar-refractivity contribution >= 4 is 40.4 Å². The first-order chi connectivity index (χ1) is 14.1. The van der Waals surface area contributed by atoms with Gasteiger partial charge in [-0.15, -0.1) is 0 Å². The van der Waals surface area contributed by atoms with Gasteiger partial charge in [-0.1, -0.05) is 56.6 Å². The molecule has 2 saturated carbocycles. The minimum absolute atomic E-state index is 0.193. The molecule has 30 heavy (non-hydrogen) atoms. The molecule has 2 bridgehead atoms. The van der Waals surface area contributed by atoms with Crippen LogP contribution in [0.2, 0.25) is 5.02 Å². The minimum Gasteiger partial charge on any atom is -0.325 e. The third-order valence-corrected chi connectivity index (χ3v) is 7.96. The number of rotatable bonds is 4. The summed E-state index contributed by atoms with van der Waals surface area (Å²) in [5.41, 5.74) is 3.44. The van der Waals surface area contributed by atoms with Gasteiger partial charge in [0.05, 0.1) is 5.69 Å². The van der Waals surface area contributed by atoms with Gasteiger partial charge < -0.3 is 5.32 Å². The average Bonchev–Trinajstić information content (AvgIpc) is 3.00. The van der Waals surface area contributed by atoms with Gasteiger partial charge in [0.15, 0.2) is 5.78 Å². The van der Waals surface area contributed by atoms with Gasteiger partial charge in [-0.05, 0) is 55.0 Å². The topological polar surface area (TPSA) is 70.6 Å². The number of fused-ring (bicyclic) bond motifs is 2. The van der Waals surface area contributed by atoms with Gasteiger partial charge in [0.2, 0.25) is 5.91 Å². The van der Waals surface area contributed by atoms with Crippen LogP contribution in [0.25, 0.3) is 0 Å². The molecule has 0 aromatic heterocycles. The molecule has 4 rings (SSSR count). The first-order valence-electron chi connectivity index (χ1n) is 10.2. The summed E-state index contributed by atoms with van der Waals surface area (Å²) >= 11 is 6.22. The van der Waals surface area contributed by atoms with Crippen molar-refractivity contribution in [2.75, 3.05) is 10.7 Å². The van der Waals surface area contributed by atoms with Crippen molar-refractivity contribution in [3.8, 4) is 0 Å². The van der Waals surface area contributed by atoms with E-state index in [1.165, 1.54) is 0 Å². The number of halogens is 1. The maximum absolute atomic E-state index is 13.7. The highest BCUT2D eigenvalue weighted by molar-refractivity contribution is 6.51. The number of hydrazone groups is 1. The molecule has 2 fully saturated rings. The highest BCUT2D eigenvalue weighted by atomic mass is 35.5. The van der Waals surface area contributed by atoms with Crippen LogP contribution >= 0.6 is 11.6 Å². The quantitative estimate of drug-likeness (QED) is 0.507. The molecule has 0 spiro atoms. The number of nitrogens with one attached hydrogen (secondary N) is 2. The molecular weight excluding hydrogens is 398 g/mol. The molecule has 5 nitrogen and oxygen atoms in total. The zero-order valence-corrected chi connectivity index (χ0v) is 18.4. The number of carbonyl (C=O) groups excluding carboxylic acids is 2. The van der Waals surface area contributed by atoms with E-state index in [0.717, 1.165) is 17.7 Å². The molecule has 0 radical (unpaired) electrons. The standard InChI is InChI=1S/C24H26ClN3O2/c1-15-17(25)11-8-12-18(15)26-21(30)24-14-13-23(4,22(24,2)3)19(20(24)29)28-27-16-9-6-5-7-10-16/h5-12,27H,13-14H2,1-4H3,(H,26,30). The molecule has 2 N–H and O–H groups in total. The number of ketones is 1. The molecule has 2 aliphatic rings. The van der Waals surface area contributed by atoms with E-state index in [9.17, 15) is 9.59 Å². The fraction of sp³-hybridized carbons (Fsp3) is 0.375. The Morgan fingerprint density at radius 2 is 1.73 bits per heavy atom. The van der Waals surface area contributed by atoms with Gasteiger partial charge in [-0.3, -0.25) is 15.0 Å². The smallest absolute Gasteiger partial charge is 0.239 e. The molecule has 2 aromatic rings. The number of Topliss-reactive ketones (excluding diaryl/α,β-unsaturated/α-hetero) is 1. The first-order valence-corrected chi connectivity index (χ1v) is 10.5. The van der Waals surface area contributed by atoms with Crippen molar-refractivity contribution in [2.24, 2.45) is 21.3 Å². The van der Waals surface area contributed by atoms with E-state index >= 15 is 0 Å². The molecule has 1 amide bonds. The largest absolute Gasteiger partial charge is 0.325 e. The lowest BCUT2D eigenvalue weighted by atomic mass is 9.64. The molecule has 0 aliphatic heterocycles. The Labute approximate surface area is 181 Å². The van der Waals surface area contributed by atoms with Crippen molar-refractivity contribution in [3.63, 3.8) is 0 Å². The van der Waals surface area contributed by atoms with E-state index in [-0.39, 0.29) is 11.7 Å². The average molecular weight is 424 g/mol. The molecule has 156 valence electrons. The molecule has 0 heterocycles. The molecule has 0 saturated heterocycles. The normalized spacial score (nSPS) is 28.0. The number of hydrogen-bond donors (Lipinski definition) is 2. The Morgan fingerprint density at radius 3 is 2.43 bits per heavy atom. The summed E-state index contributed by atoms with van der Waals surface area (Å²) in [4.78, 5) is 27.3. The van der Waals surface area contributed by atoms with Crippen LogP contribution in [0.4, 0.5) is 11.4 Å². The van der Waals surface area contributed by atoms with Gasteiger partial charge >= 0.3 is 0 Å². The number of para-hydroxylation sites is 1. The minimum atomic E-state index is -1.16. The van der Waals surface area contributed by atoms with E-state index in [1.807, 2.05) is 64.1 Å². The summed E-state index contributed by atoms with van der Waals surface area (Å²) < 4.78 is 0. The monoisotopic (exact) mass is 423 g/mol. The summed E-state index contributed by atoms with van der Waals surface area (Å²) in [6, 6.07) is 14.9. The SMILES string of the molecule is Cc1c(Cl)cccc1NC(=O)C12CCC(C)(C(=NNc3ccccc3)C1=O)C2(C)C. The van der Waals surface area contributed by atoms with Crippen LogP contribution in [0.15, 0.2) is 53.6 Å². The van der Waals surface area contributed by atoms with Gasteiger partial charge in [-0.25, -0.2) is 0 Å². The summed E-state index contributed by atoms with van der Waals surface area (Å²) in [5.74, 6) is -0.474. The lowest BCUT2D eigenvalue weighted by molar-refractivity contribution is -0.140. The summed E-state index contributed by atoms with van der Waals surface area (Å²) in [7, 11) is 0. The third-order valence-electron chi connectivity index (χ3n) is 7.55. The van der Waals surface area contributed by atoms with Gasteiger partial charge in [0.1, 0.15) is 11.1 Å². The Morgan fingerprint density at radius 1 is 1.03 bits per heavy atom. The predicted molar refractivity (Wildman–Crippen MR) is 121 cm³/mol. The molecule has 2 unspecified atom stereocenters. The van der Waals surface area contributed by atoms with Gasteiger partial charge in [0, 0.05) is 16.1 Å². The second kappa shape index (κ2) is 6.95. The number of carbonyl (C=O) groups is 2. The van der Waals surface area contributed by atoms with Crippen LogP contribution in [-0.4, -0.2) is 17.4 Å². The maximum Gasteiger partial charge on any atom is 0.239 e. The second-order valence-electron chi connectivity index (χ2n) is 9.00. The van der Waals surface area contributed by atoms with Crippen molar-refractivity contribution in [2.45, 2.75) is 40.5 Å². The summed E-state index contributed by atoms with van der Waals surface area (Å²) in [6.45, 7) is 7.91. The zero-order chi connectivity index (χ0) is 21.7. The van der Waals surface area contributed by atoms with Crippen LogP contribution in [0, 0.1) is 23.2 Å². The van der Waals surface area contributed by atoms with Gasteiger partial charge in [0.25, 0.3) is 0 Å². The van der Waals surface area contributed by atoms with E-state index in [4.69, 9.17) is 11.6 Å². The number of anilines is 2. The first kappa shape index (κ1) is 20.6. The zero-order valence-electron chi connectivity index (χ0n) is 17.7. The molecule has 2 aliphatic carbocycles. The van der Waals surface area contributed by atoms with Crippen molar-refractivity contribution in [3.05, 3.63) is 59.1 Å². The maximum atomic E-state index is 13.7. The number of amides is 1. The molecule has 2 aromatic carbocycles. The van der Waals surface area contributed by atoms with E-state index in [2.05, 4.69) is 15.8 Å². The van der Waals surface area contributed by atoms with E-state index in [0.29, 0.717) is 22.8 Å².